The fourth-order valence-electron chi connectivity index (χ4n) is 2.00. The summed E-state index contributed by atoms with van der Waals surface area (Å²) in [7, 11) is 0. The van der Waals surface area contributed by atoms with E-state index >= 15 is 0 Å². The van der Waals surface area contributed by atoms with Gasteiger partial charge in [-0.3, -0.25) is 14.9 Å². The van der Waals surface area contributed by atoms with Gasteiger partial charge in [-0.25, -0.2) is 0 Å². The van der Waals surface area contributed by atoms with E-state index in [-0.39, 0.29) is 18.4 Å². The molecular formula is C18H18NO5. The predicted molar refractivity (Wildman–Crippen MR) is 88.5 cm³/mol. The topological polar surface area (TPSA) is 78.7 Å². The highest BCUT2D eigenvalue weighted by Crippen LogP contribution is 2.17. The number of hydrogen-bond acceptors (Lipinski definition) is 5. The molecule has 0 atom stereocenters. The van der Waals surface area contributed by atoms with Crippen molar-refractivity contribution in [3.8, 4) is 5.75 Å². The summed E-state index contributed by atoms with van der Waals surface area (Å²) in [6.45, 7) is 3.90. The van der Waals surface area contributed by atoms with Crippen molar-refractivity contribution >= 4 is 11.7 Å². The molecule has 0 saturated carbocycles. The van der Waals surface area contributed by atoms with E-state index < -0.39 is 10.9 Å². The van der Waals surface area contributed by atoms with Crippen molar-refractivity contribution in [3.63, 3.8) is 0 Å². The Labute approximate surface area is 140 Å². The first-order chi connectivity index (χ1) is 11.4. The first kappa shape index (κ1) is 17.5. The van der Waals surface area contributed by atoms with E-state index in [1.807, 2.05) is 19.9 Å². The van der Waals surface area contributed by atoms with Crippen LogP contribution in [-0.4, -0.2) is 17.0 Å². The van der Waals surface area contributed by atoms with Gasteiger partial charge in [0.2, 0.25) is 0 Å². The fraction of sp³-hybridized carbons (Fsp3) is 0.222. The van der Waals surface area contributed by atoms with E-state index in [9.17, 15) is 14.9 Å². The quantitative estimate of drug-likeness (QED) is 0.440. The van der Waals surface area contributed by atoms with Crippen molar-refractivity contribution in [2.24, 2.45) is 0 Å². The number of carbonyl (C=O) groups excluding carboxylic acids is 1. The minimum atomic E-state index is -0.491. The highest BCUT2D eigenvalue weighted by molar-refractivity contribution is 5.83. The summed E-state index contributed by atoms with van der Waals surface area (Å²) in [6, 6.07) is 13.0. The van der Waals surface area contributed by atoms with Gasteiger partial charge in [0.25, 0.3) is 5.69 Å². The summed E-state index contributed by atoms with van der Waals surface area (Å²) in [6.07, 6.45) is 1.42. The molecule has 0 heterocycles. The molecule has 1 radical (unpaired) electrons. The van der Waals surface area contributed by atoms with Crippen LogP contribution in [0.25, 0.3) is 0 Å². The molecule has 0 aliphatic carbocycles. The van der Waals surface area contributed by atoms with E-state index in [1.54, 1.807) is 30.3 Å². The lowest BCUT2D eigenvalue weighted by atomic mass is 10.1. The Morgan fingerprint density at radius 3 is 2.54 bits per heavy atom. The van der Waals surface area contributed by atoms with Gasteiger partial charge < -0.3 is 9.47 Å². The van der Waals surface area contributed by atoms with Crippen LogP contribution in [0, 0.1) is 16.5 Å². The fourth-order valence-corrected chi connectivity index (χ4v) is 2.00. The molecule has 2 aromatic rings. The molecule has 0 bridgehead atoms. The molecule has 2 aromatic carbocycles. The standard InChI is InChI=1S/C18H18NO5/c1-13(2)24-17-5-3-4-15(10-17)11-18(20)23-12-14-6-8-16(9-7-14)19(21)22/h3-11,13H,12H2,1-2H3. The second kappa shape index (κ2) is 8.10. The van der Waals surface area contributed by atoms with Gasteiger partial charge in [-0.15, -0.1) is 0 Å². The second-order valence-corrected chi connectivity index (χ2v) is 5.41. The summed E-state index contributed by atoms with van der Waals surface area (Å²) in [5.74, 6) is 0.192. The average molecular weight is 328 g/mol. The Morgan fingerprint density at radius 2 is 1.92 bits per heavy atom. The second-order valence-electron chi connectivity index (χ2n) is 5.41. The molecule has 0 unspecified atom stereocenters. The third-order valence-corrected chi connectivity index (χ3v) is 3.04. The maximum absolute atomic E-state index is 11.9. The van der Waals surface area contributed by atoms with Gasteiger partial charge in [-0.1, -0.05) is 12.1 Å². The normalized spacial score (nSPS) is 10.5. The Balaban J connectivity index is 1.88. The lowest BCUT2D eigenvalue weighted by Gasteiger charge is -2.10. The first-order valence-corrected chi connectivity index (χ1v) is 7.45. The number of benzene rings is 2. The number of non-ortho nitro benzene ring substituents is 1. The van der Waals surface area contributed by atoms with Crippen LogP contribution < -0.4 is 4.74 Å². The number of nitrogens with zero attached hydrogens (tertiary/aromatic N) is 1. The lowest BCUT2D eigenvalue weighted by Crippen LogP contribution is -2.08. The largest absolute Gasteiger partial charge is 0.491 e. The molecule has 0 N–H and O–H groups in total. The summed E-state index contributed by atoms with van der Waals surface area (Å²) < 4.78 is 10.7. The molecule has 0 aromatic heterocycles. The SMILES string of the molecule is CC(C)Oc1cccc([CH]C(=O)OCc2ccc([N+](=O)[O-])cc2)c1. The van der Waals surface area contributed by atoms with Gasteiger partial charge in [0.05, 0.1) is 17.4 Å². The highest BCUT2D eigenvalue weighted by atomic mass is 16.6. The maximum atomic E-state index is 11.9. The van der Waals surface area contributed by atoms with E-state index in [1.165, 1.54) is 18.6 Å². The zero-order chi connectivity index (χ0) is 17.5. The number of hydrogen-bond donors (Lipinski definition) is 0. The molecule has 2 rings (SSSR count). The number of carbonyl (C=O) groups is 1. The monoisotopic (exact) mass is 328 g/mol. The first-order valence-electron chi connectivity index (χ1n) is 7.45. The Hall–Kier alpha value is -2.89. The number of nitro benzene ring substituents is 1. The van der Waals surface area contributed by atoms with E-state index in [0.29, 0.717) is 16.9 Å². The molecule has 0 fully saturated rings. The van der Waals surface area contributed by atoms with Crippen LogP contribution in [-0.2, 0) is 16.1 Å². The third kappa shape index (κ3) is 5.39. The maximum Gasteiger partial charge on any atom is 0.314 e. The summed E-state index contributed by atoms with van der Waals surface area (Å²) in [5.41, 5.74) is 1.36. The number of nitro groups is 1. The lowest BCUT2D eigenvalue weighted by molar-refractivity contribution is -0.384. The van der Waals surface area contributed by atoms with Crippen molar-refractivity contribution in [3.05, 3.63) is 76.2 Å². The van der Waals surface area contributed by atoms with E-state index in [4.69, 9.17) is 9.47 Å². The summed E-state index contributed by atoms with van der Waals surface area (Å²) in [4.78, 5) is 22.0. The van der Waals surface area contributed by atoms with Crippen LogP contribution in [0.2, 0.25) is 0 Å². The summed E-state index contributed by atoms with van der Waals surface area (Å²) in [5, 5.41) is 10.6. The number of esters is 1. The molecule has 0 aliphatic rings. The highest BCUT2D eigenvalue weighted by Gasteiger charge is 2.09. The predicted octanol–water partition coefficient (Wildman–Crippen LogP) is 3.68. The Morgan fingerprint density at radius 1 is 1.21 bits per heavy atom. The average Bonchev–Trinajstić information content (AvgIpc) is 2.53. The van der Waals surface area contributed by atoms with Crippen LogP contribution in [0.1, 0.15) is 25.0 Å². The summed E-state index contributed by atoms with van der Waals surface area (Å²) >= 11 is 0. The van der Waals surface area contributed by atoms with Gasteiger partial charge in [-0.2, -0.15) is 0 Å². The van der Waals surface area contributed by atoms with E-state index in [2.05, 4.69) is 0 Å². The van der Waals surface area contributed by atoms with Crippen LogP contribution in [0.15, 0.2) is 48.5 Å². The van der Waals surface area contributed by atoms with E-state index in [0.717, 1.165) is 0 Å². The molecule has 0 aliphatic heterocycles. The van der Waals surface area contributed by atoms with Gasteiger partial charge in [0.1, 0.15) is 12.4 Å². The number of rotatable bonds is 7. The molecule has 24 heavy (non-hydrogen) atoms. The molecule has 125 valence electrons. The zero-order valence-electron chi connectivity index (χ0n) is 13.5. The van der Waals surface area contributed by atoms with Crippen molar-refractivity contribution in [1.82, 2.24) is 0 Å². The van der Waals surface area contributed by atoms with Crippen molar-refractivity contribution in [1.29, 1.82) is 0 Å². The van der Waals surface area contributed by atoms with Crippen LogP contribution >= 0.6 is 0 Å². The van der Waals surface area contributed by atoms with Gasteiger partial charge in [-0.05, 0) is 49.2 Å². The molecular weight excluding hydrogens is 310 g/mol. The van der Waals surface area contributed by atoms with Gasteiger partial charge in [0.15, 0.2) is 0 Å². The van der Waals surface area contributed by atoms with Crippen molar-refractivity contribution in [2.45, 2.75) is 26.6 Å². The van der Waals surface area contributed by atoms with Crippen molar-refractivity contribution in [2.75, 3.05) is 0 Å². The molecule has 0 spiro atoms. The van der Waals surface area contributed by atoms with Gasteiger partial charge in [0, 0.05) is 12.1 Å². The number of ether oxygens (including phenoxy) is 2. The minimum Gasteiger partial charge on any atom is -0.491 e. The zero-order valence-corrected chi connectivity index (χ0v) is 13.5. The molecule has 0 saturated heterocycles. The van der Waals surface area contributed by atoms with Crippen molar-refractivity contribution < 1.29 is 19.2 Å². The smallest absolute Gasteiger partial charge is 0.314 e. The Bertz CT molecular complexity index is 710. The Kier molecular flexibility index (Phi) is 5.89. The minimum absolute atomic E-state index is 0.00129. The van der Waals surface area contributed by atoms with Crippen LogP contribution in [0.5, 0.6) is 5.75 Å². The molecule has 6 nitrogen and oxygen atoms in total. The molecule has 0 amide bonds. The van der Waals surface area contributed by atoms with Crippen LogP contribution in [0.4, 0.5) is 5.69 Å². The van der Waals surface area contributed by atoms with Crippen LogP contribution in [0.3, 0.4) is 0 Å². The van der Waals surface area contributed by atoms with Gasteiger partial charge >= 0.3 is 5.97 Å². The molecule has 6 heteroatoms. The third-order valence-electron chi connectivity index (χ3n) is 3.04.